The molecule has 20 heavy (non-hydrogen) atoms. The van der Waals surface area contributed by atoms with Crippen molar-refractivity contribution in [2.75, 3.05) is 6.54 Å². The van der Waals surface area contributed by atoms with E-state index in [1.54, 1.807) is 0 Å². The van der Waals surface area contributed by atoms with Crippen molar-refractivity contribution in [1.29, 1.82) is 0 Å². The molecular formula is C15H21BrN2O2. The summed E-state index contributed by atoms with van der Waals surface area (Å²) in [5, 5.41) is 0. The van der Waals surface area contributed by atoms with Crippen molar-refractivity contribution >= 4 is 22.0 Å². The van der Waals surface area contributed by atoms with Crippen molar-refractivity contribution in [3.8, 4) is 0 Å². The Morgan fingerprint density at radius 3 is 2.75 bits per heavy atom. The number of rotatable bonds is 1. The molecule has 1 amide bonds. The zero-order chi connectivity index (χ0) is 14.8. The van der Waals surface area contributed by atoms with Gasteiger partial charge in [-0.05, 0) is 67.6 Å². The maximum atomic E-state index is 12.3. The molecule has 5 heteroatoms. The van der Waals surface area contributed by atoms with Crippen molar-refractivity contribution in [3.63, 3.8) is 0 Å². The molecular weight excluding hydrogens is 320 g/mol. The highest BCUT2D eigenvalue weighted by Crippen LogP contribution is 2.32. The van der Waals surface area contributed by atoms with E-state index < -0.39 is 5.60 Å². The molecule has 1 saturated heterocycles. The van der Waals surface area contributed by atoms with Crippen LogP contribution in [0.15, 0.2) is 22.9 Å². The van der Waals surface area contributed by atoms with Crippen LogP contribution in [0, 0.1) is 0 Å². The van der Waals surface area contributed by atoms with E-state index in [-0.39, 0.29) is 12.1 Å². The van der Waals surface area contributed by atoms with Crippen LogP contribution in [-0.4, -0.2) is 28.1 Å². The molecule has 2 heterocycles. The minimum atomic E-state index is -0.461. The van der Waals surface area contributed by atoms with Crippen molar-refractivity contribution < 1.29 is 9.53 Å². The third kappa shape index (κ3) is 3.95. The van der Waals surface area contributed by atoms with Crippen LogP contribution in [0.3, 0.4) is 0 Å². The first-order valence-corrected chi connectivity index (χ1v) is 7.77. The van der Waals surface area contributed by atoms with Gasteiger partial charge in [-0.15, -0.1) is 0 Å². The molecule has 1 atom stereocenters. The van der Waals surface area contributed by atoms with Crippen molar-refractivity contribution in [2.45, 2.75) is 51.7 Å². The summed E-state index contributed by atoms with van der Waals surface area (Å²) in [7, 11) is 0. The Hall–Kier alpha value is -1.10. The SMILES string of the molecule is CC(C)(C)OC(=O)N1CCCC[C@H]1c1ccc(Br)nc1. The van der Waals surface area contributed by atoms with Gasteiger partial charge >= 0.3 is 6.09 Å². The fraction of sp³-hybridized carbons (Fsp3) is 0.600. The van der Waals surface area contributed by atoms with Crippen LogP contribution in [0.4, 0.5) is 4.79 Å². The monoisotopic (exact) mass is 340 g/mol. The fourth-order valence-electron chi connectivity index (χ4n) is 2.40. The number of carbonyl (C=O) groups excluding carboxylic acids is 1. The highest BCUT2D eigenvalue weighted by Gasteiger charge is 2.31. The lowest BCUT2D eigenvalue weighted by Crippen LogP contribution is -2.41. The number of amides is 1. The van der Waals surface area contributed by atoms with E-state index in [2.05, 4.69) is 20.9 Å². The number of carbonyl (C=O) groups is 1. The lowest BCUT2D eigenvalue weighted by atomic mass is 9.97. The Morgan fingerprint density at radius 1 is 1.40 bits per heavy atom. The smallest absolute Gasteiger partial charge is 0.410 e. The molecule has 1 aliphatic rings. The van der Waals surface area contributed by atoms with E-state index in [1.165, 1.54) is 0 Å². The summed E-state index contributed by atoms with van der Waals surface area (Å²) in [6, 6.07) is 4.00. The molecule has 4 nitrogen and oxygen atoms in total. The maximum absolute atomic E-state index is 12.3. The second-order valence-corrected chi connectivity index (χ2v) is 6.91. The zero-order valence-corrected chi connectivity index (χ0v) is 13.8. The Morgan fingerprint density at radius 2 is 2.15 bits per heavy atom. The summed E-state index contributed by atoms with van der Waals surface area (Å²) in [6.07, 6.45) is 4.71. The van der Waals surface area contributed by atoms with Crippen LogP contribution in [0.2, 0.25) is 0 Å². The molecule has 0 N–H and O–H groups in total. The summed E-state index contributed by atoms with van der Waals surface area (Å²) in [5.74, 6) is 0. The zero-order valence-electron chi connectivity index (χ0n) is 12.2. The Balaban J connectivity index is 2.16. The van der Waals surface area contributed by atoms with Gasteiger partial charge in [0.15, 0.2) is 0 Å². The number of halogens is 1. The molecule has 1 aromatic heterocycles. The Bertz CT molecular complexity index is 468. The topological polar surface area (TPSA) is 42.4 Å². The molecule has 0 unspecified atom stereocenters. The van der Waals surface area contributed by atoms with Gasteiger partial charge in [-0.2, -0.15) is 0 Å². The van der Waals surface area contributed by atoms with E-state index in [1.807, 2.05) is 44.0 Å². The van der Waals surface area contributed by atoms with E-state index >= 15 is 0 Å². The summed E-state index contributed by atoms with van der Waals surface area (Å²) >= 11 is 3.34. The molecule has 0 bridgehead atoms. The predicted molar refractivity (Wildman–Crippen MR) is 81.5 cm³/mol. The third-order valence-corrected chi connectivity index (χ3v) is 3.73. The standard InChI is InChI=1S/C15H21BrN2O2/c1-15(2,3)20-14(19)18-9-5-4-6-12(18)11-7-8-13(16)17-10-11/h7-8,10,12H,4-6,9H2,1-3H3/t12-/m0/s1. The number of hydrogen-bond donors (Lipinski definition) is 0. The normalized spacial score (nSPS) is 19.8. The molecule has 1 fully saturated rings. The fourth-order valence-corrected chi connectivity index (χ4v) is 2.64. The van der Waals surface area contributed by atoms with Gasteiger partial charge in [-0.25, -0.2) is 9.78 Å². The second-order valence-electron chi connectivity index (χ2n) is 6.10. The number of pyridine rings is 1. The number of likely N-dealkylation sites (tertiary alicyclic amines) is 1. The molecule has 0 saturated carbocycles. The first-order chi connectivity index (χ1) is 9.37. The molecule has 2 rings (SSSR count). The summed E-state index contributed by atoms with van der Waals surface area (Å²) in [4.78, 5) is 18.4. The quantitative estimate of drug-likeness (QED) is 0.715. The summed E-state index contributed by atoms with van der Waals surface area (Å²) < 4.78 is 6.32. The van der Waals surface area contributed by atoms with E-state index in [4.69, 9.17) is 4.74 Å². The Labute approximate surface area is 128 Å². The van der Waals surface area contributed by atoms with Crippen LogP contribution in [0.5, 0.6) is 0 Å². The van der Waals surface area contributed by atoms with Crippen molar-refractivity contribution in [3.05, 3.63) is 28.5 Å². The number of hydrogen-bond acceptors (Lipinski definition) is 3. The average Bonchev–Trinajstić information content (AvgIpc) is 2.38. The largest absolute Gasteiger partial charge is 0.444 e. The van der Waals surface area contributed by atoms with Crippen LogP contribution >= 0.6 is 15.9 Å². The van der Waals surface area contributed by atoms with Crippen LogP contribution in [-0.2, 0) is 4.74 Å². The lowest BCUT2D eigenvalue weighted by molar-refractivity contribution is 0.00948. The van der Waals surface area contributed by atoms with Gasteiger partial charge in [0.05, 0.1) is 6.04 Å². The third-order valence-electron chi connectivity index (χ3n) is 3.27. The van der Waals surface area contributed by atoms with Crippen molar-refractivity contribution in [1.82, 2.24) is 9.88 Å². The van der Waals surface area contributed by atoms with Crippen molar-refractivity contribution in [2.24, 2.45) is 0 Å². The maximum Gasteiger partial charge on any atom is 0.410 e. The first kappa shape index (κ1) is 15.3. The van der Waals surface area contributed by atoms with Crippen LogP contribution in [0.1, 0.15) is 51.6 Å². The van der Waals surface area contributed by atoms with Crippen LogP contribution < -0.4 is 0 Å². The minimum absolute atomic E-state index is 0.0687. The van der Waals surface area contributed by atoms with Gasteiger partial charge in [0, 0.05) is 12.7 Å². The van der Waals surface area contributed by atoms with E-state index in [0.29, 0.717) is 0 Å². The van der Waals surface area contributed by atoms with Gasteiger partial charge in [0.2, 0.25) is 0 Å². The second kappa shape index (κ2) is 6.12. The Kier molecular flexibility index (Phi) is 4.68. The molecule has 1 aromatic rings. The number of ether oxygens (including phenoxy) is 1. The summed E-state index contributed by atoms with van der Waals surface area (Å²) in [5.41, 5.74) is 0.607. The van der Waals surface area contributed by atoms with E-state index in [9.17, 15) is 4.79 Å². The van der Waals surface area contributed by atoms with Crippen LogP contribution in [0.25, 0.3) is 0 Å². The lowest BCUT2D eigenvalue weighted by Gasteiger charge is -2.36. The van der Waals surface area contributed by atoms with Gasteiger partial charge in [0.1, 0.15) is 10.2 Å². The molecule has 0 radical (unpaired) electrons. The number of piperidine rings is 1. The number of aromatic nitrogens is 1. The molecule has 110 valence electrons. The highest BCUT2D eigenvalue weighted by molar-refractivity contribution is 9.10. The van der Waals surface area contributed by atoms with Gasteiger partial charge in [0.25, 0.3) is 0 Å². The predicted octanol–water partition coefficient (Wildman–Crippen LogP) is 4.31. The molecule has 0 aromatic carbocycles. The first-order valence-electron chi connectivity index (χ1n) is 6.98. The molecule has 0 spiro atoms. The highest BCUT2D eigenvalue weighted by atomic mass is 79.9. The van der Waals surface area contributed by atoms with Gasteiger partial charge in [-0.1, -0.05) is 6.07 Å². The van der Waals surface area contributed by atoms with E-state index in [0.717, 1.165) is 36.0 Å². The van der Waals surface area contributed by atoms with Gasteiger partial charge in [-0.3, -0.25) is 0 Å². The summed E-state index contributed by atoms with van der Waals surface area (Å²) in [6.45, 7) is 6.43. The molecule has 0 aliphatic carbocycles. The number of nitrogens with zero attached hydrogens (tertiary/aromatic N) is 2. The molecule has 1 aliphatic heterocycles. The van der Waals surface area contributed by atoms with Gasteiger partial charge < -0.3 is 9.64 Å². The average molecular weight is 341 g/mol. The minimum Gasteiger partial charge on any atom is -0.444 e.